The topological polar surface area (TPSA) is 0 Å². The van der Waals surface area contributed by atoms with Crippen LogP contribution < -0.4 is 0 Å². The first-order valence-corrected chi connectivity index (χ1v) is 5.70. The first kappa shape index (κ1) is 9.01. The Kier molecular flexibility index (Phi) is 5.46. The predicted molar refractivity (Wildman–Crippen MR) is 43.5 cm³/mol. The molecule has 0 aliphatic rings. The zero-order valence-electron chi connectivity index (χ0n) is 5.19. The van der Waals surface area contributed by atoms with E-state index >= 15 is 0 Å². The van der Waals surface area contributed by atoms with E-state index in [1.165, 1.54) is 0 Å². The molecule has 0 rings (SSSR count). The summed E-state index contributed by atoms with van der Waals surface area (Å²) >= 11 is 11.4. The van der Waals surface area contributed by atoms with Crippen molar-refractivity contribution in [3.63, 3.8) is 0 Å². The van der Waals surface area contributed by atoms with Crippen LogP contribution in [0.15, 0.2) is 0 Å². The van der Waals surface area contributed by atoms with E-state index in [9.17, 15) is 0 Å². The summed E-state index contributed by atoms with van der Waals surface area (Å²) in [6.45, 7) is 4.26. The van der Waals surface area contributed by atoms with Crippen LogP contribution in [0.25, 0.3) is 0 Å². The molecule has 0 heterocycles. The summed E-state index contributed by atoms with van der Waals surface area (Å²) in [5.74, 6) is 0.702. The van der Waals surface area contributed by atoms with Crippen LogP contribution in [0, 0.1) is 0 Å². The van der Waals surface area contributed by atoms with Crippen molar-refractivity contribution in [2.75, 3.05) is 12.0 Å². The quantitative estimate of drug-likeness (QED) is 0.453. The Labute approximate surface area is 62.1 Å². The minimum absolute atomic E-state index is 0.299. The number of hydrogen-bond donors (Lipinski definition) is 0. The van der Waals surface area contributed by atoms with Crippen LogP contribution in [0.2, 0.25) is 0 Å². The normalized spacial score (nSPS) is 14.6. The molecule has 0 aromatic rings. The van der Waals surface area contributed by atoms with E-state index in [1.54, 1.807) is 0 Å². The van der Waals surface area contributed by atoms with Gasteiger partial charge in [-0.25, -0.2) is 0 Å². The van der Waals surface area contributed by atoms with Gasteiger partial charge in [0.2, 0.25) is 0 Å². The minimum atomic E-state index is -0.299. The fraction of sp³-hybridized carbons (Fsp3) is 1.00. The van der Waals surface area contributed by atoms with Gasteiger partial charge in [0.1, 0.15) is 0 Å². The van der Waals surface area contributed by atoms with Crippen LogP contribution in [-0.4, -0.2) is 17.7 Å². The second-order valence-corrected chi connectivity index (χ2v) is 5.87. The van der Waals surface area contributed by atoms with Gasteiger partial charge < -0.3 is 0 Å². The predicted octanol–water partition coefficient (Wildman–Crippen LogP) is 3.27. The van der Waals surface area contributed by atoms with Crippen molar-refractivity contribution >= 4 is 30.1 Å². The van der Waals surface area contributed by atoms with Gasteiger partial charge in [-0.05, 0) is 19.1 Å². The van der Waals surface area contributed by atoms with E-state index in [2.05, 4.69) is 13.8 Å². The second kappa shape index (κ2) is 4.85. The highest BCUT2D eigenvalue weighted by Gasteiger charge is 2.06. The Morgan fingerprint density at radius 3 is 2.12 bits per heavy atom. The highest BCUT2D eigenvalue weighted by Crippen LogP contribution is 2.45. The van der Waals surface area contributed by atoms with Gasteiger partial charge in [0.05, 0.1) is 0 Å². The molecule has 0 aliphatic heterocycles. The SMILES string of the molecule is CC(C)P(Cl)CCCl. The van der Waals surface area contributed by atoms with Crippen LogP contribution in [0.4, 0.5) is 0 Å². The summed E-state index contributed by atoms with van der Waals surface area (Å²) in [5.41, 5.74) is 0.616. The lowest BCUT2D eigenvalue weighted by Crippen LogP contribution is -1.91. The fourth-order valence-corrected chi connectivity index (χ4v) is 2.08. The minimum Gasteiger partial charge on any atom is -0.126 e. The molecule has 0 nitrogen and oxygen atoms in total. The van der Waals surface area contributed by atoms with Crippen molar-refractivity contribution in [3.8, 4) is 0 Å². The van der Waals surface area contributed by atoms with Crippen molar-refractivity contribution in [1.82, 2.24) is 0 Å². The van der Waals surface area contributed by atoms with Crippen molar-refractivity contribution in [3.05, 3.63) is 0 Å². The molecule has 0 bridgehead atoms. The average molecular weight is 173 g/mol. The van der Waals surface area contributed by atoms with E-state index in [1.807, 2.05) is 0 Å². The maximum absolute atomic E-state index is 5.90. The summed E-state index contributed by atoms with van der Waals surface area (Å²) in [6.07, 6.45) is 0.982. The van der Waals surface area contributed by atoms with Gasteiger partial charge in [0.15, 0.2) is 0 Å². The van der Waals surface area contributed by atoms with E-state index in [0.717, 1.165) is 6.16 Å². The molecule has 1 unspecified atom stereocenters. The first-order valence-electron chi connectivity index (χ1n) is 2.67. The van der Waals surface area contributed by atoms with Crippen LogP contribution in [0.1, 0.15) is 13.8 Å². The largest absolute Gasteiger partial charge is 0.126 e. The molecule has 0 aromatic heterocycles. The van der Waals surface area contributed by atoms with Gasteiger partial charge in [0.25, 0.3) is 0 Å². The van der Waals surface area contributed by atoms with Crippen LogP contribution in [0.5, 0.6) is 0 Å². The van der Waals surface area contributed by atoms with Gasteiger partial charge in [-0.3, -0.25) is 0 Å². The molecule has 0 fully saturated rings. The molecule has 50 valence electrons. The van der Waals surface area contributed by atoms with Gasteiger partial charge in [-0.2, -0.15) is 0 Å². The van der Waals surface area contributed by atoms with Crippen molar-refractivity contribution < 1.29 is 0 Å². The summed E-state index contributed by atoms with van der Waals surface area (Å²) < 4.78 is 0. The van der Waals surface area contributed by atoms with Crippen LogP contribution in [0.3, 0.4) is 0 Å². The highest BCUT2D eigenvalue weighted by atomic mass is 35.7. The Morgan fingerprint density at radius 2 is 2.00 bits per heavy atom. The number of rotatable bonds is 3. The molecule has 3 heteroatoms. The second-order valence-electron chi connectivity index (χ2n) is 1.91. The summed E-state index contributed by atoms with van der Waals surface area (Å²) in [4.78, 5) is 0. The maximum Gasteiger partial charge on any atom is 0.0273 e. The van der Waals surface area contributed by atoms with Gasteiger partial charge in [0, 0.05) is 5.88 Å². The van der Waals surface area contributed by atoms with Gasteiger partial charge in [-0.15, -0.1) is 11.6 Å². The van der Waals surface area contributed by atoms with Gasteiger partial charge >= 0.3 is 0 Å². The first-order chi connectivity index (χ1) is 3.68. The van der Waals surface area contributed by atoms with Crippen LogP contribution >= 0.6 is 30.1 Å². The molecule has 1 atom stereocenters. The zero-order valence-corrected chi connectivity index (χ0v) is 7.60. The van der Waals surface area contributed by atoms with Crippen molar-refractivity contribution in [1.29, 1.82) is 0 Å². The summed E-state index contributed by atoms with van der Waals surface area (Å²) in [5, 5.41) is 0. The molecule has 8 heavy (non-hydrogen) atoms. The smallest absolute Gasteiger partial charge is 0.0273 e. The lowest BCUT2D eigenvalue weighted by Gasteiger charge is -2.09. The Balaban J connectivity index is 3.17. The molecule has 0 saturated heterocycles. The maximum atomic E-state index is 5.90. The Morgan fingerprint density at radius 1 is 1.50 bits per heavy atom. The third-order valence-electron chi connectivity index (χ3n) is 0.858. The van der Waals surface area contributed by atoms with Crippen LogP contribution in [-0.2, 0) is 0 Å². The van der Waals surface area contributed by atoms with Gasteiger partial charge in [-0.1, -0.05) is 25.1 Å². The molecule has 0 saturated carbocycles. The molecule has 0 amide bonds. The highest BCUT2D eigenvalue weighted by molar-refractivity contribution is 7.84. The standard InChI is InChI=1S/C5H11Cl2P/c1-5(2)8(7)4-3-6/h5H,3-4H2,1-2H3. The summed E-state index contributed by atoms with van der Waals surface area (Å²) in [6, 6.07) is 0. The molecule has 0 aliphatic carbocycles. The van der Waals surface area contributed by atoms with E-state index in [0.29, 0.717) is 11.5 Å². The fourth-order valence-electron chi connectivity index (χ4n) is 0.339. The molecule has 0 radical (unpaired) electrons. The van der Waals surface area contributed by atoms with E-state index < -0.39 is 0 Å². The average Bonchev–Trinajstić information content (AvgIpc) is 1.67. The molecule has 0 N–H and O–H groups in total. The lowest BCUT2D eigenvalue weighted by atomic mass is 10.6. The zero-order chi connectivity index (χ0) is 6.57. The van der Waals surface area contributed by atoms with Crippen molar-refractivity contribution in [2.45, 2.75) is 19.5 Å². The molecule has 0 spiro atoms. The van der Waals surface area contributed by atoms with Crippen molar-refractivity contribution in [2.24, 2.45) is 0 Å². The van der Waals surface area contributed by atoms with E-state index in [4.69, 9.17) is 22.8 Å². The lowest BCUT2D eigenvalue weighted by molar-refractivity contribution is 1.09. The molecular weight excluding hydrogens is 162 g/mol. The molecule has 0 aromatic carbocycles. The Hall–Kier alpha value is 1.01. The molecular formula is C5H11Cl2P. The number of hydrogen-bond acceptors (Lipinski definition) is 0. The Bertz CT molecular complexity index is 56.4. The number of alkyl halides is 1. The van der Waals surface area contributed by atoms with E-state index in [-0.39, 0.29) is 7.27 Å². The monoisotopic (exact) mass is 172 g/mol. The summed E-state index contributed by atoms with van der Waals surface area (Å²) in [7, 11) is -0.299. The third-order valence-corrected chi connectivity index (χ3v) is 4.76. The number of halogens is 2. The third kappa shape index (κ3) is 3.95.